The summed E-state index contributed by atoms with van der Waals surface area (Å²) in [6.45, 7) is 8.41. The Morgan fingerprint density at radius 2 is 2.17 bits per heavy atom. The van der Waals surface area contributed by atoms with Gasteiger partial charge < -0.3 is 10.2 Å². The molecule has 2 rings (SSSR count). The zero-order valence-electron chi connectivity index (χ0n) is 11.5. The number of rotatable bonds is 5. The lowest BCUT2D eigenvalue weighted by atomic mass is 10.3. The molecular weight excluding hydrogens is 246 g/mol. The van der Waals surface area contributed by atoms with Gasteiger partial charge >= 0.3 is 0 Å². The van der Waals surface area contributed by atoms with Crippen LogP contribution in [0, 0.1) is 5.92 Å². The highest BCUT2D eigenvalue weighted by Crippen LogP contribution is 2.41. The second kappa shape index (κ2) is 5.95. The topological polar surface area (TPSA) is 44.7 Å². The van der Waals surface area contributed by atoms with Crippen LogP contribution in [-0.4, -0.2) is 46.9 Å². The van der Waals surface area contributed by atoms with Crippen molar-refractivity contribution in [3.05, 3.63) is 0 Å². The highest BCUT2D eigenvalue weighted by Gasteiger charge is 2.35. The molecule has 1 heterocycles. The van der Waals surface area contributed by atoms with Crippen molar-refractivity contribution in [2.45, 2.75) is 44.9 Å². The maximum Gasteiger partial charge on any atom is 0.244 e. The maximum absolute atomic E-state index is 12.1. The third-order valence-corrected chi connectivity index (χ3v) is 4.92. The van der Waals surface area contributed by atoms with Crippen molar-refractivity contribution in [1.29, 1.82) is 0 Å². The Hall–Kier alpha value is -0.710. The number of aliphatic imine (C=N–C) groups is 1. The number of hydrogen-bond acceptors (Lipinski definition) is 4. The van der Waals surface area contributed by atoms with E-state index >= 15 is 0 Å². The molecular formula is C13H23N3OS. The van der Waals surface area contributed by atoms with Gasteiger partial charge in [0.05, 0.1) is 6.54 Å². The predicted octanol–water partition coefficient (Wildman–Crippen LogP) is 1.71. The highest BCUT2D eigenvalue weighted by atomic mass is 32.2. The van der Waals surface area contributed by atoms with Crippen molar-refractivity contribution in [1.82, 2.24) is 10.2 Å². The summed E-state index contributed by atoms with van der Waals surface area (Å²) in [5.74, 6) is 1.03. The Kier molecular flexibility index (Phi) is 4.54. The molecule has 2 unspecified atom stereocenters. The molecule has 1 aliphatic carbocycles. The minimum Gasteiger partial charge on any atom is -0.353 e. The van der Waals surface area contributed by atoms with E-state index in [9.17, 15) is 4.79 Å². The summed E-state index contributed by atoms with van der Waals surface area (Å²) in [5, 5.41) is 4.88. The molecule has 1 fully saturated rings. The first kappa shape index (κ1) is 13.7. The predicted molar refractivity (Wildman–Crippen MR) is 76.9 cm³/mol. The van der Waals surface area contributed by atoms with E-state index in [1.54, 1.807) is 0 Å². The van der Waals surface area contributed by atoms with E-state index in [-0.39, 0.29) is 11.9 Å². The van der Waals surface area contributed by atoms with Crippen LogP contribution in [0.4, 0.5) is 0 Å². The van der Waals surface area contributed by atoms with E-state index in [0.29, 0.717) is 5.25 Å². The molecule has 0 saturated heterocycles. The van der Waals surface area contributed by atoms with Gasteiger partial charge in [-0.2, -0.15) is 0 Å². The van der Waals surface area contributed by atoms with Crippen LogP contribution in [0.15, 0.2) is 4.99 Å². The second-order valence-electron chi connectivity index (χ2n) is 5.02. The molecule has 18 heavy (non-hydrogen) atoms. The molecule has 0 radical (unpaired) electrons. The molecule has 1 aliphatic heterocycles. The van der Waals surface area contributed by atoms with Crippen molar-refractivity contribution in [2.24, 2.45) is 10.9 Å². The highest BCUT2D eigenvalue weighted by molar-refractivity contribution is 8.14. The van der Waals surface area contributed by atoms with Crippen molar-refractivity contribution in [2.75, 3.05) is 19.6 Å². The fraction of sp³-hybridized carbons (Fsp3) is 0.846. The van der Waals surface area contributed by atoms with E-state index in [0.717, 1.165) is 30.7 Å². The molecule has 2 aliphatic rings. The van der Waals surface area contributed by atoms with Crippen LogP contribution in [0.3, 0.4) is 0 Å². The summed E-state index contributed by atoms with van der Waals surface area (Å²) in [4.78, 5) is 18.5. The molecule has 102 valence electrons. The number of amides is 1. The van der Waals surface area contributed by atoms with Crippen LogP contribution in [0.25, 0.3) is 0 Å². The summed E-state index contributed by atoms with van der Waals surface area (Å²) in [7, 11) is 0. The molecule has 0 aromatic carbocycles. The summed E-state index contributed by atoms with van der Waals surface area (Å²) < 4.78 is 0. The molecule has 0 bridgehead atoms. The van der Waals surface area contributed by atoms with E-state index in [4.69, 9.17) is 0 Å². The first-order valence-electron chi connectivity index (χ1n) is 6.92. The lowest BCUT2D eigenvalue weighted by molar-refractivity contribution is -0.132. The molecule has 1 saturated carbocycles. The maximum atomic E-state index is 12.1. The van der Waals surface area contributed by atoms with E-state index in [2.05, 4.69) is 10.3 Å². The largest absolute Gasteiger partial charge is 0.353 e. The van der Waals surface area contributed by atoms with Crippen molar-refractivity contribution < 1.29 is 4.79 Å². The third kappa shape index (κ3) is 3.19. The lowest BCUT2D eigenvalue weighted by Gasteiger charge is -2.23. The average Bonchev–Trinajstić information content (AvgIpc) is 3.12. The van der Waals surface area contributed by atoms with E-state index in [1.165, 1.54) is 12.8 Å². The van der Waals surface area contributed by atoms with Crippen LogP contribution in [0.5, 0.6) is 0 Å². The Morgan fingerprint density at radius 1 is 1.50 bits per heavy atom. The van der Waals surface area contributed by atoms with Crippen LogP contribution in [-0.2, 0) is 4.79 Å². The van der Waals surface area contributed by atoms with Gasteiger partial charge in [0.25, 0.3) is 0 Å². The van der Waals surface area contributed by atoms with Gasteiger partial charge in [0.15, 0.2) is 5.17 Å². The van der Waals surface area contributed by atoms with Crippen molar-refractivity contribution >= 4 is 22.8 Å². The quantitative estimate of drug-likeness (QED) is 0.826. The Bertz CT molecular complexity index is 337. The molecule has 0 aromatic rings. The van der Waals surface area contributed by atoms with Crippen LogP contribution in [0.1, 0.15) is 33.6 Å². The SMILES string of the molecule is CCN(CC)C(=O)C(C)NC1=NCC(C2CC2)S1. The number of thioether (sulfide) groups is 1. The number of carbonyl (C=O) groups excluding carboxylic acids is 1. The zero-order chi connectivity index (χ0) is 13.1. The number of amidine groups is 1. The molecule has 5 heteroatoms. The molecule has 4 nitrogen and oxygen atoms in total. The fourth-order valence-electron chi connectivity index (χ4n) is 2.24. The Balaban J connectivity index is 1.80. The smallest absolute Gasteiger partial charge is 0.244 e. The van der Waals surface area contributed by atoms with Crippen LogP contribution in [0.2, 0.25) is 0 Å². The normalized spacial score (nSPS) is 24.6. The average molecular weight is 269 g/mol. The van der Waals surface area contributed by atoms with Crippen LogP contribution < -0.4 is 5.32 Å². The Morgan fingerprint density at radius 3 is 2.72 bits per heavy atom. The molecule has 1 N–H and O–H groups in total. The number of nitrogens with zero attached hydrogens (tertiary/aromatic N) is 2. The first-order valence-corrected chi connectivity index (χ1v) is 7.80. The summed E-state index contributed by atoms with van der Waals surface area (Å²) in [5.41, 5.74) is 0. The van der Waals surface area contributed by atoms with E-state index in [1.807, 2.05) is 37.4 Å². The van der Waals surface area contributed by atoms with Gasteiger partial charge in [-0.3, -0.25) is 9.79 Å². The van der Waals surface area contributed by atoms with Gasteiger partial charge in [-0.05, 0) is 39.5 Å². The Labute approximate surface area is 114 Å². The molecule has 0 spiro atoms. The van der Waals surface area contributed by atoms with Gasteiger partial charge in [0.2, 0.25) is 5.91 Å². The summed E-state index contributed by atoms with van der Waals surface area (Å²) >= 11 is 1.82. The van der Waals surface area contributed by atoms with Gasteiger partial charge in [-0.25, -0.2) is 0 Å². The number of likely N-dealkylation sites (N-methyl/N-ethyl adjacent to an activating group) is 1. The molecule has 1 amide bonds. The second-order valence-corrected chi connectivity index (χ2v) is 6.24. The third-order valence-electron chi connectivity index (χ3n) is 3.61. The minimum absolute atomic E-state index is 0.165. The number of carbonyl (C=O) groups is 1. The van der Waals surface area contributed by atoms with Crippen molar-refractivity contribution in [3.63, 3.8) is 0 Å². The van der Waals surface area contributed by atoms with Gasteiger partial charge in [0, 0.05) is 18.3 Å². The zero-order valence-corrected chi connectivity index (χ0v) is 12.3. The molecule has 0 aromatic heterocycles. The van der Waals surface area contributed by atoms with Crippen molar-refractivity contribution in [3.8, 4) is 0 Å². The standard InChI is InChI=1S/C13H23N3OS/c1-4-16(5-2)12(17)9(3)15-13-14-8-11(18-13)10-6-7-10/h9-11H,4-8H2,1-3H3,(H,14,15). The number of hydrogen-bond donors (Lipinski definition) is 1. The first-order chi connectivity index (χ1) is 8.65. The van der Waals surface area contributed by atoms with E-state index < -0.39 is 0 Å². The lowest BCUT2D eigenvalue weighted by Crippen LogP contribution is -2.46. The number of nitrogens with one attached hydrogen (secondary N) is 1. The molecule has 2 atom stereocenters. The fourth-order valence-corrected chi connectivity index (χ4v) is 3.53. The van der Waals surface area contributed by atoms with Gasteiger partial charge in [-0.1, -0.05) is 11.8 Å². The van der Waals surface area contributed by atoms with Crippen LogP contribution >= 0.6 is 11.8 Å². The van der Waals surface area contributed by atoms with Gasteiger partial charge in [-0.15, -0.1) is 0 Å². The minimum atomic E-state index is -0.172. The van der Waals surface area contributed by atoms with Gasteiger partial charge in [0.1, 0.15) is 6.04 Å². The monoisotopic (exact) mass is 269 g/mol. The summed E-state index contributed by atoms with van der Waals surface area (Å²) in [6, 6.07) is -0.172. The summed E-state index contributed by atoms with van der Waals surface area (Å²) in [6.07, 6.45) is 2.71.